The number of halogens is 2. The van der Waals surface area contributed by atoms with Crippen molar-refractivity contribution in [2.75, 3.05) is 19.6 Å². The second kappa shape index (κ2) is 6.12. The molecular formula is C16H22BrFN2. The van der Waals surface area contributed by atoms with Gasteiger partial charge in [-0.1, -0.05) is 15.9 Å². The molecule has 2 nitrogen and oxygen atoms in total. The molecule has 2 aliphatic rings. The van der Waals surface area contributed by atoms with E-state index in [0.717, 1.165) is 22.6 Å². The van der Waals surface area contributed by atoms with Crippen molar-refractivity contribution in [1.82, 2.24) is 10.2 Å². The Kier molecular flexibility index (Phi) is 4.43. The Balaban J connectivity index is 1.51. The van der Waals surface area contributed by atoms with Crippen molar-refractivity contribution in [3.8, 4) is 0 Å². The highest BCUT2D eigenvalue weighted by atomic mass is 79.9. The van der Waals surface area contributed by atoms with Gasteiger partial charge in [-0.3, -0.25) is 0 Å². The number of likely N-dealkylation sites (tertiary alicyclic amines) is 1. The average Bonchev–Trinajstić information content (AvgIpc) is 3.18. The van der Waals surface area contributed by atoms with E-state index in [9.17, 15) is 4.39 Å². The van der Waals surface area contributed by atoms with Crippen LogP contribution >= 0.6 is 15.9 Å². The zero-order valence-corrected chi connectivity index (χ0v) is 13.5. The number of benzene rings is 1. The van der Waals surface area contributed by atoms with E-state index in [1.54, 1.807) is 6.07 Å². The first kappa shape index (κ1) is 14.5. The molecule has 1 aromatic rings. The minimum Gasteiger partial charge on any atom is -0.310 e. The Bertz CT molecular complexity index is 476. The molecule has 110 valence electrons. The average molecular weight is 341 g/mol. The zero-order valence-electron chi connectivity index (χ0n) is 11.9. The minimum absolute atomic E-state index is 0.0578. The quantitative estimate of drug-likeness (QED) is 0.878. The highest BCUT2D eigenvalue weighted by Crippen LogP contribution is 2.31. The van der Waals surface area contributed by atoms with Crippen molar-refractivity contribution in [3.05, 3.63) is 34.1 Å². The Morgan fingerprint density at radius 3 is 2.95 bits per heavy atom. The molecule has 1 saturated heterocycles. The molecule has 0 amide bonds. The normalized spacial score (nSPS) is 25.1. The summed E-state index contributed by atoms with van der Waals surface area (Å²) >= 11 is 3.41. The monoisotopic (exact) mass is 340 g/mol. The number of hydrogen-bond acceptors (Lipinski definition) is 2. The molecule has 1 saturated carbocycles. The van der Waals surface area contributed by atoms with Crippen molar-refractivity contribution in [1.29, 1.82) is 0 Å². The third-order valence-corrected chi connectivity index (χ3v) is 5.01. The first-order valence-electron chi connectivity index (χ1n) is 7.56. The molecule has 1 aromatic carbocycles. The molecule has 1 N–H and O–H groups in total. The highest BCUT2D eigenvalue weighted by Gasteiger charge is 2.34. The van der Waals surface area contributed by atoms with E-state index in [-0.39, 0.29) is 11.9 Å². The van der Waals surface area contributed by atoms with Gasteiger partial charge in [-0.2, -0.15) is 0 Å². The van der Waals surface area contributed by atoms with Gasteiger partial charge in [0.05, 0.1) is 0 Å². The molecule has 1 aliphatic heterocycles. The summed E-state index contributed by atoms with van der Waals surface area (Å²) in [6, 6.07) is 6.08. The van der Waals surface area contributed by atoms with Gasteiger partial charge in [-0.05, 0) is 63.4 Å². The summed E-state index contributed by atoms with van der Waals surface area (Å²) in [5, 5.41) is 3.50. The number of nitrogens with zero attached hydrogens (tertiary/aromatic N) is 1. The lowest BCUT2D eigenvalue weighted by Crippen LogP contribution is -2.29. The topological polar surface area (TPSA) is 15.3 Å². The van der Waals surface area contributed by atoms with E-state index in [4.69, 9.17) is 0 Å². The molecule has 1 heterocycles. The van der Waals surface area contributed by atoms with Gasteiger partial charge in [0.2, 0.25) is 0 Å². The molecule has 2 fully saturated rings. The van der Waals surface area contributed by atoms with Gasteiger partial charge in [-0.15, -0.1) is 0 Å². The van der Waals surface area contributed by atoms with Crippen LogP contribution in [0.2, 0.25) is 0 Å². The predicted molar refractivity (Wildman–Crippen MR) is 83.2 cm³/mol. The van der Waals surface area contributed by atoms with E-state index in [2.05, 4.69) is 26.1 Å². The molecule has 0 bridgehead atoms. The van der Waals surface area contributed by atoms with Crippen LogP contribution in [0.15, 0.2) is 22.7 Å². The SMILES string of the molecule is CC(NCC1CCN(C2CC2)C1)c1cc(Br)ccc1F. The first-order chi connectivity index (χ1) is 9.63. The smallest absolute Gasteiger partial charge is 0.128 e. The van der Waals surface area contributed by atoms with Crippen molar-refractivity contribution in [2.24, 2.45) is 5.92 Å². The fourth-order valence-electron chi connectivity index (χ4n) is 3.10. The Morgan fingerprint density at radius 2 is 2.20 bits per heavy atom. The molecular weight excluding hydrogens is 319 g/mol. The van der Waals surface area contributed by atoms with Crippen LogP contribution in [0.1, 0.15) is 37.8 Å². The molecule has 0 aromatic heterocycles. The highest BCUT2D eigenvalue weighted by molar-refractivity contribution is 9.10. The van der Waals surface area contributed by atoms with Gasteiger partial charge in [0.1, 0.15) is 5.82 Å². The Labute approximate surface area is 128 Å². The molecule has 1 aliphatic carbocycles. The summed E-state index contributed by atoms with van der Waals surface area (Å²) in [5.41, 5.74) is 0.747. The molecule has 2 atom stereocenters. The molecule has 4 heteroatoms. The van der Waals surface area contributed by atoms with Crippen molar-refractivity contribution < 1.29 is 4.39 Å². The first-order valence-corrected chi connectivity index (χ1v) is 8.35. The standard InChI is InChI=1S/C16H22BrFN2/c1-11(15-8-13(17)2-5-16(15)18)19-9-12-6-7-20(10-12)14-3-4-14/h2,5,8,11-12,14,19H,3-4,6-7,9-10H2,1H3. The fraction of sp³-hybridized carbons (Fsp3) is 0.625. The summed E-state index contributed by atoms with van der Waals surface area (Å²) in [4.78, 5) is 2.62. The van der Waals surface area contributed by atoms with Gasteiger partial charge in [0.25, 0.3) is 0 Å². The van der Waals surface area contributed by atoms with Crippen LogP contribution in [-0.4, -0.2) is 30.6 Å². The predicted octanol–water partition coefficient (Wildman–Crippen LogP) is 3.72. The molecule has 0 spiro atoms. The molecule has 20 heavy (non-hydrogen) atoms. The van der Waals surface area contributed by atoms with Gasteiger partial charge in [0.15, 0.2) is 0 Å². The van der Waals surface area contributed by atoms with Crippen LogP contribution in [0.5, 0.6) is 0 Å². The lowest BCUT2D eigenvalue weighted by Gasteiger charge is -2.19. The van der Waals surface area contributed by atoms with Crippen LogP contribution < -0.4 is 5.32 Å². The van der Waals surface area contributed by atoms with Gasteiger partial charge in [0, 0.05) is 28.7 Å². The van der Waals surface area contributed by atoms with Crippen molar-refractivity contribution in [3.63, 3.8) is 0 Å². The second-order valence-corrected chi connectivity index (χ2v) is 7.09. The lowest BCUT2D eigenvalue weighted by molar-refractivity contribution is 0.309. The molecule has 2 unspecified atom stereocenters. The maximum absolute atomic E-state index is 13.8. The molecule has 3 rings (SSSR count). The summed E-state index contributed by atoms with van der Waals surface area (Å²) in [6.45, 7) is 5.48. The van der Waals surface area contributed by atoms with E-state index < -0.39 is 0 Å². The zero-order chi connectivity index (χ0) is 14.1. The van der Waals surface area contributed by atoms with E-state index >= 15 is 0 Å². The van der Waals surface area contributed by atoms with Crippen LogP contribution in [0.3, 0.4) is 0 Å². The molecule has 0 radical (unpaired) electrons. The number of hydrogen-bond donors (Lipinski definition) is 1. The van der Waals surface area contributed by atoms with Crippen LogP contribution in [-0.2, 0) is 0 Å². The fourth-order valence-corrected chi connectivity index (χ4v) is 3.48. The van der Waals surface area contributed by atoms with Crippen molar-refractivity contribution in [2.45, 2.75) is 38.3 Å². The van der Waals surface area contributed by atoms with E-state index in [1.165, 1.54) is 38.4 Å². The summed E-state index contributed by atoms with van der Waals surface area (Å²) in [5.74, 6) is 0.590. The van der Waals surface area contributed by atoms with Crippen LogP contribution in [0.4, 0.5) is 4.39 Å². The second-order valence-electron chi connectivity index (χ2n) is 6.18. The lowest BCUT2D eigenvalue weighted by atomic mass is 10.1. The van der Waals surface area contributed by atoms with Crippen LogP contribution in [0, 0.1) is 11.7 Å². The Hall–Kier alpha value is -0.450. The van der Waals surface area contributed by atoms with E-state index in [0.29, 0.717) is 5.92 Å². The van der Waals surface area contributed by atoms with Crippen LogP contribution in [0.25, 0.3) is 0 Å². The summed E-state index contributed by atoms with van der Waals surface area (Å²) in [7, 11) is 0. The Morgan fingerprint density at radius 1 is 1.40 bits per heavy atom. The summed E-state index contributed by atoms with van der Waals surface area (Å²) in [6.07, 6.45) is 4.05. The number of rotatable bonds is 5. The summed E-state index contributed by atoms with van der Waals surface area (Å²) < 4.78 is 14.8. The van der Waals surface area contributed by atoms with E-state index in [1.807, 2.05) is 13.0 Å². The maximum Gasteiger partial charge on any atom is 0.128 e. The van der Waals surface area contributed by atoms with Gasteiger partial charge < -0.3 is 10.2 Å². The van der Waals surface area contributed by atoms with Gasteiger partial charge in [-0.25, -0.2) is 4.39 Å². The minimum atomic E-state index is -0.126. The van der Waals surface area contributed by atoms with Gasteiger partial charge >= 0.3 is 0 Å². The third kappa shape index (κ3) is 3.41. The maximum atomic E-state index is 13.8. The largest absolute Gasteiger partial charge is 0.310 e. The number of nitrogens with one attached hydrogen (secondary N) is 1. The van der Waals surface area contributed by atoms with Crippen molar-refractivity contribution >= 4 is 15.9 Å². The third-order valence-electron chi connectivity index (χ3n) is 4.52.